The summed E-state index contributed by atoms with van der Waals surface area (Å²) in [5.41, 5.74) is -9.80. The molecule has 0 aromatic heterocycles. The van der Waals surface area contributed by atoms with Crippen LogP contribution in [-0.2, 0) is 47.7 Å². The summed E-state index contributed by atoms with van der Waals surface area (Å²) >= 11 is 0. The van der Waals surface area contributed by atoms with Gasteiger partial charge < -0.3 is 44.1 Å². The quantitative estimate of drug-likeness (QED) is 0.181. The third-order valence-electron chi connectivity index (χ3n) is 8.36. The molecule has 14 heteroatoms. The standard InChI is InChI=1S/C28H38O14/c1-12-11-18-28(37,27(8,36)24(34)42-18)23(41-16(5)32)21-25(6,10-9-17(26(21,7)35)38-13(2)29)22(40-15(4)31)19(33)20(12)39-14(3)30/h9-11,17-23,33,35-37H,1-8H3. The van der Waals surface area contributed by atoms with Crippen LogP contribution in [0.5, 0.6) is 0 Å². The maximum absolute atomic E-state index is 13.0. The van der Waals surface area contributed by atoms with Gasteiger partial charge in [0.2, 0.25) is 0 Å². The molecule has 0 radical (unpaired) electrons. The van der Waals surface area contributed by atoms with Crippen molar-refractivity contribution in [2.24, 2.45) is 11.3 Å². The summed E-state index contributed by atoms with van der Waals surface area (Å²) in [6.45, 7) is 9.03. The monoisotopic (exact) mass is 598 g/mol. The molecule has 11 unspecified atom stereocenters. The maximum atomic E-state index is 13.0. The lowest BCUT2D eigenvalue weighted by atomic mass is 9.53. The van der Waals surface area contributed by atoms with Gasteiger partial charge in [0.1, 0.15) is 30.0 Å². The fourth-order valence-corrected chi connectivity index (χ4v) is 6.44. The first kappa shape index (κ1) is 33.2. The number of esters is 5. The molecule has 0 amide bonds. The van der Waals surface area contributed by atoms with Crippen molar-refractivity contribution in [1.29, 1.82) is 0 Å². The molecule has 1 aliphatic heterocycles. The van der Waals surface area contributed by atoms with Crippen molar-refractivity contribution < 1.29 is 68.1 Å². The summed E-state index contributed by atoms with van der Waals surface area (Å²) in [6.07, 6.45) is -6.74. The van der Waals surface area contributed by atoms with Crippen LogP contribution >= 0.6 is 0 Å². The number of fused-ring (bicyclic) bond motifs is 2. The first-order chi connectivity index (χ1) is 19.1. The molecule has 42 heavy (non-hydrogen) atoms. The molecule has 2 aliphatic carbocycles. The maximum Gasteiger partial charge on any atom is 0.341 e. The summed E-state index contributed by atoms with van der Waals surface area (Å²) in [6, 6.07) is 0. The largest absolute Gasteiger partial charge is 0.459 e. The molecule has 14 nitrogen and oxygen atoms in total. The zero-order chi connectivity index (χ0) is 32.2. The van der Waals surface area contributed by atoms with Crippen molar-refractivity contribution in [2.45, 2.75) is 109 Å². The highest BCUT2D eigenvalue weighted by Gasteiger charge is 2.75. The third-order valence-corrected chi connectivity index (χ3v) is 8.36. The van der Waals surface area contributed by atoms with Gasteiger partial charge in [-0.05, 0) is 38.5 Å². The molecular formula is C28H38O14. The molecule has 0 spiro atoms. The molecule has 0 aromatic carbocycles. The van der Waals surface area contributed by atoms with E-state index in [-0.39, 0.29) is 5.57 Å². The number of ether oxygens (including phenoxy) is 5. The number of carbonyl (C=O) groups is 5. The van der Waals surface area contributed by atoms with Crippen LogP contribution in [0.2, 0.25) is 0 Å². The fourth-order valence-electron chi connectivity index (χ4n) is 6.44. The Hall–Kier alpha value is -3.33. The highest BCUT2D eigenvalue weighted by molar-refractivity contribution is 5.84. The normalized spacial score (nSPS) is 43.1. The van der Waals surface area contributed by atoms with Crippen molar-refractivity contribution in [3.8, 4) is 0 Å². The predicted octanol–water partition coefficient (Wildman–Crippen LogP) is -0.615. The van der Waals surface area contributed by atoms with E-state index in [4.69, 9.17) is 23.7 Å². The van der Waals surface area contributed by atoms with Crippen molar-refractivity contribution in [3.05, 3.63) is 23.8 Å². The second kappa shape index (κ2) is 11.1. The van der Waals surface area contributed by atoms with Crippen LogP contribution < -0.4 is 0 Å². The highest BCUT2D eigenvalue weighted by atomic mass is 16.6. The van der Waals surface area contributed by atoms with Crippen molar-refractivity contribution in [1.82, 2.24) is 0 Å². The van der Waals surface area contributed by atoms with Gasteiger partial charge in [-0.15, -0.1) is 0 Å². The predicted molar refractivity (Wildman–Crippen MR) is 139 cm³/mol. The van der Waals surface area contributed by atoms with Crippen LogP contribution in [0.4, 0.5) is 0 Å². The van der Waals surface area contributed by atoms with E-state index in [1.54, 1.807) is 0 Å². The van der Waals surface area contributed by atoms with Crippen LogP contribution in [0.3, 0.4) is 0 Å². The lowest BCUT2D eigenvalue weighted by Crippen LogP contribution is -2.74. The minimum atomic E-state index is -2.86. The van der Waals surface area contributed by atoms with Crippen LogP contribution in [0.1, 0.15) is 55.4 Å². The van der Waals surface area contributed by atoms with E-state index < -0.39 is 94.6 Å². The van der Waals surface area contributed by atoms with Gasteiger partial charge in [0.05, 0.1) is 0 Å². The fraction of sp³-hybridized carbons (Fsp3) is 0.679. The number of hydrogen-bond donors (Lipinski definition) is 4. The molecular weight excluding hydrogens is 560 g/mol. The van der Waals surface area contributed by atoms with Crippen LogP contribution in [0.15, 0.2) is 23.8 Å². The first-order valence-electron chi connectivity index (χ1n) is 13.2. The number of aliphatic hydroxyl groups excluding tert-OH is 1. The van der Waals surface area contributed by atoms with Crippen molar-refractivity contribution in [3.63, 3.8) is 0 Å². The van der Waals surface area contributed by atoms with E-state index >= 15 is 0 Å². The number of hydrogen-bond acceptors (Lipinski definition) is 14. The van der Waals surface area contributed by atoms with Gasteiger partial charge in [0, 0.05) is 39.0 Å². The summed E-state index contributed by atoms with van der Waals surface area (Å²) in [5.74, 6) is -6.62. The molecule has 1 fully saturated rings. The summed E-state index contributed by atoms with van der Waals surface area (Å²) in [5, 5.41) is 47.6. The van der Waals surface area contributed by atoms with E-state index in [0.29, 0.717) is 0 Å². The van der Waals surface area contributed by atoms with Gasteiger partial charge in [-0.1, -0.05) is 13.0 Å². The van der Waals surface area contributed by atoms with Gasteiger partial charge in [-0.3, -0.25) is 19.2 Å². The lowest BCUT2D eigenvalue weighted by molar-refractivity contribution is -0.265. The van der Waals surface area contributed by atoms with Crippen LogP contribution in [0, 0.1) is 11.3 Å². The second-order valence-corrected chi connectivity index (χ2v) is 11.7. The van der Waals surface area contributed by atoms with E-state index in [0.717, 1.165) is 40.7 Å². The minimum Gasteiger partial charge on any atom is -0.459 e. The second-order valence-electron chi connectivity index (χ2n) is 11.7. The molecule has 1 heterocycles. The topological polar surface area (TPSA) is 212 Å². The molecule has 0 bridgehead atoms. The number of carbonyl (C=O) groups excluding carboxylic acids is 5. The summed E-state index contributed by atoms with van der Waals surface area (Å²) in [4.78, 5) is 62.1. The molecule has 1 saturated heterocycles. The van der Waals surface area contributed by atoms with E-state index in [1.807, 2.05) is 0 Å². The Morgan fingerprint density at radius 1 is 0.833 bits per heavy atom. The molecule has 234 valence electrons. The van der Waals surface area contributed by atoms with Crippen molar-refractivity contribution >= 4 is 29.8 Å². The first-order valence-corrected chi connectivity index (χ1v) is 13.2. The van der Waals surface area contributed by atoms with Crippen LogP contribution in [-0.4, -0.2) is 104 Å². The third kappa shape index (κ3) is 5.32. The van der Waals surface area contributed by atoms with Gasteiger partial charge >= 0.3 is 29.8 Å². The molecule has 0 aromatic rings. The Kier molecular flexibility index (Phi) is 8.74. The zero-order valence-corrected chi connectivity index (χ0v) is 24.6. The van der Waals surface area contributed by atoms with Crippen molar-refractivity contribution in [2.75, 3.05) is 0 Å². The minimum absolute atomic E-state index is 0.0109. The molecule has 0 saturated carbocycles. The average Bonchev–Trinajstić information content (AvgIpc) is 3.00. The Morgan fingerprint density at radius 2 is 1.33 bits per heavy atom. The lowest BCUT2D eigenvalue weighted by Gasteiger charge is -2.57. The molecule has 11 atom stereocenters. The smallest absolute Gasteiger partial charge is 0.341 e. The van der Waals surface area contributed by atoms with E-state index in [1.165, 1.54) is 32.9 Å². The van der Waals surface area contributed by atoms with Gasteiger partial charge in [0.25, 0.3) is 0 Å². The van der Waals surface area contributed by atoms with Gasteiger partial charge in [0.15, 0.2) is 23.4 Å². The van der Waals surface area contributed by atoms with Gasteiger partial charge in [-0.25, -0.2) is 4.79 Å². The number of rotatable bonds is 4. The Bertz CT molecular complexity index is 1220. The Morgan fingerprint density at radius 3 is 1.83 bits per heavy atom. The average molecular weight is 599 g/mol. The molecule has 4 N–H and O–H groups in total. The van der Waals surface area contributed by atoms with E-state index in [9.17, 15) is 44.4 Å². The SMILES string of the molecule is CC(=O)OC1C(C)=CC2OC(=O)C(C)(O)C2(O)C(OC(C)=O)C2C(C)(O)C(OC(C)=O)C=CC2(C)C(OC(C)=O)C1O. The zero-order valence-electron chi connectivity index (χ0n) is 24.6. The highest BCUT2D eigenvalue weighted by Crippen LogP contribution is 2.56. The Labute approximate surface area is 242 Å². The summed E-state index contributed by atoms with van der Waals surface area (Å²) < 4.78 is 27.3. The Balaban J connectivity index is 2.53. The number of aliphatic hydroxyl groups is 4. The van der Waals surface area contributed by atoms with Crippen LogP contribution in [0.25, 0.3) is 0 Å². The molecule has 3 aliphatic rings. The molecule has 3 rings (SSSR count). The van der Waals surface area contributed by atoms with E-state index in [2.05, 4.69) is 0 Å². The summed E-state index contributed by atoms with van der Waals surface area (Å²) in [7, 11) is 0. The van der Waals surface area contributed by atoms with Gasteiger partial charge in [-0.2, -0.15) is 0 Å².